The van der Waals surface area contributed by atoms with Gasteiger partial charge in [-0.2, -0.15) is 0 Å². The smallest absolute Gasteiger partial charge is 0.0541 e. The highest BCUT2D eigenvalue weighted by Crippen LogP contribution is 2.53. The fourth-order valence-electron chi connectivity index (χ4n) is 17.0. The van der Waals surface area contributed by atoms with E-state index in [1.54, 1.807) is 0 Å². The van der Waals surface area contributed by atoms with Gasteiger partial charge in [0.25, 0.3) is 0 Å². The Balaban J connectivity index is 0.000000145. The Labute approximate surface area is 619 Å². The van der Waals surface area contributed by atoms with Crippen LogP contribution in [0.4, 0.5) is 34.1 Å². The summed E-state index contributed by atoms with van der Waals surface area (Å²) >= 11 is 0. The van der Waals surface area contributed by atoms with Gasteiger partial charge in [-0.3, -0.25) is 0 Å². The molecule has 0 saturated carbocycles. The number of hydrogen-bond donors (Lipinski definition) is 0. The summed E-state index contributed by atoms with van der Waals surface area (Å²) in [4.78, 5) is 4.78. The Morgan fingerprint density at radius 1 is 0.189 bits per heavy atom. The van der Waals surface area contributed by atoms with Crippen molar-refractivity contribution in [1.29, 1.82) is 0 Å². The monoisotopic (exact) mass is 1360 g/mol. The minimum absolute atomic E-state index is 0.0679. The van der Waals surface area contributed by atoms with Crippen molar-refractivity contribution in [1.82, 2.24) is 9.13 Å². The predicted molar refractivity (Wildman–Crippen MR) is 448 cm³/mol. The van der Waals surface area contributed by atoms with Crippen LogP contribution in [0.3, 0.4) is 0 Å². The second-order valence-corrected chi connectivity index (χ2v) is 29.2. The average Bonchev–Trinajstić information content (AvgIpc) is 1.58. The highest BCUT2D eigenvalue weighted by molar-refractivity contribution is 6.12. The fraction of sp³-hybridized carbons (Fsp3) is 0.0588. The molecule has 4 nitrogen and oxygen atoms in total. The molecular weight excluding hydrogens is 1280 g/mol. The van der Waals surface area contributed by atoms with E-state index in [2.05, 4.69) is 435 Å². The molecule has 0 radical (unpaired) electrons. The lowest BCUT2D eigenvalue weighted by atomic mass is 9.82. The molecule has 2 heterocycles. The lowest BCUT2D eigenvalue weighted by molar-refractivity contribution is 0.660. The maximum absolute atomic E-state index is 2.41. The number of rotatable bonds is 12. The average molecular weight is 1360 g/mol. The molecule has 18 aromatic rings. The van der Waals surface area contributed by atoms with Crippen LogP contribution in [0.2, 0.25) is 0 Å². The minimum Gasteiger partial charge on any atom is -0.310 e. The Bertz CT molecular complexity index is 6330. The first-order valence-electron chi connectivity index (χ1n) is 36.9. The first-order chi connectivity index (χ1) is 52.1. The van der Waals surface area contributed by atoms with Gasteiger partial charge in [-0.25, -0.2) is 0 Å². The van der Waals surface area contributed by atoms with Crippen LogP contribution in [0.5, 0.6) is 0 Å². The van der Waals surface area contributed by atoms with Gasteiger partial charge >= 0.3 is 0 Å². The quantitative estimate of drug-likeness (QED) is 0.121. The molecule has 0 saturated heterocycles. The standard InChI is InChI=1S/2C51H38N2/c1-51(2)47-19-11-9-17-43(47)44-31-30-42(34-48(44)51)52(39-15-7-4-8-16-39)40-26-23-37(24-27-40)38-25-32-50-46(33-38)45-18-10-12-20-49(45)53(50)41-28-21-36(22-29-41)35-13-5-3-6-14-35;1-51(2)47-19-11-9-17-43(47)44-31-30-42(34-48(44)51)52(40-26-21-36(22-27-40)35-13-5-3-6-14-35)41-28-23-37(24-29-41)38-25-32-50-46(33-38)45-18-10-12-20-49(45)53(50)39-15-7-4-8-16-39/h2*3-34H,1-2H3. The molecule has 0 unspecified atom stereocenters. The molecule has 4 heteroatoms. The summed E-state index contributed by atoms with van der Waals surface area (Å²) in [5.74, 6) is 0. The molecule has 0 N–H and O–H groups in total. The summed E-state index contributed by atoms with van der Waals surface area (Å²) in [6.07, 6.45) is 0. The van der Waals surface area contributed by atoms with Gasteiger partial charge in [0.05, 0.1) is 22.1 Å². The predicted octanol–water partition coefficient (Wildman–Crippen LogP) is 27.8. The lowest BCUT2D eigenvalue weighted by Crippen LogP contribution is -2.16. The van der Waals surface area contributed by atoms with Crippen molar-refractivity contribution in [2.24, 2.45) is 0 Å². The maximum Gasteiger partial charge on any atom is 0.0541 e. The molecule has 20 rings (SSSR count). The normalized spacial score (nSPS) is 12.9. The third kappa shape index (κ3) is 10.9. The molecular formula is C102H76N4. The van der Waals surface area contributed by atoms with E-state index in [0.717, 1.165) is 39.8 Å². The van der Waals surface area contributed by atoms with Crippen LogP contribution in [0.25, 0.3) is 122 Å². The fourth-order valence-corrected chi connectivity index (χ4v) is 17.0. The topological polar surface area (TPSA) is 16.3 Å². The third-order valence-corrected chi connectivity index (χ3v) is 22.4. The van der Waals surface area contributed by atoms with Crippen LogP contribution >= 0.6 is 0 Å². The molecule has 2 aliphatic carbocycles. The number of nitrogens with zero attached hydrogens (tertiary/aromatic N) is 4. The van der Waals surface area contributed by atoms with Gasteiger partial charge in [0, 0.05) is 77.9 Å². The molecule has 2 aliphatic rings. The Morgan fingerprint density at radius 3 is 0.896 bits per heavy atom. The van der Waals surface area contributed by atoms with Crippen LogP contribution in [0.15, 0.2) is 388 Å². The van der Waals surface area contributed by atoms with Crippen LogP contribution in [0.1, 0.15) is 49.9 Å². The van der Waals surface area contributed by atoms with Gasteiger partial charge in [0.1, 0.15) is 0 Å². The lowest BCUT2D eigenvalue weighted by Gasteiger charge is -2.28. The molecule has 0 atom stereocenters. The Hall–Kier alpha value is -13.3. The maximum atomic E-state index is 2.41. The summed E-state index contributed by atoms with van der Waals surface area (Å²) in [6.45, 7) is 9.39. The molecule has 0 bridgehead atoms. The summed E-state index contributed by atoms with van der Waals surface area (Å²) < 4.78 is 4.76. The number of benzene rings is 16. The highest BCUT2D eigenvalue weighted by Gasteiger charge is 2.37. The van der Waals surface area contributed by atoms with Crippen LogP contribution in [0, 0.1) is 0 Å². The summed E-state index contributed by atoms with van der Waals surface area (Å²) in [5.41, 5.74) is 34.4. The second-order valence-electron chi connectivity index (χ2n) is 29.2. The van der Waals surface area contributed by atoms with Gasteiger partial charge in [0.2, 0.25) is 0 Å². The van der Waals surface area contributed by atoms with Gasteiger partial charge in [-0.05, 0) is 222 Å². The van der Waals surface area contributed by atoms with E-state index in [1.807, 2.05) is 0 Å². The number of anilines is 6. The summed E-state index contributed by atoms with van der Waals surface area (Å²) in [7, 11) is 0. The first kappa shape index (κ1) is 63.6. The van der Waals surface area contributed by atoms with E-state index in [-0.39, 0.29) is 10.8 Å². The van der Waals surface area contributed by atoms with Crippen molar-refractivity contribution in [3.63, 3.8) is 0 Å². The van der Waals surface area contributed by atoms with E-state index in [9.17, 15) is 0 Å². The van der Waals surface area contributed by atoms with Gasteiger partial charge in [-0.1, -0.05) is 282 Å². The van der Waals surface area contributed by atoms with Crippen LogP contribution in [-0.2, 0) is 10.8 Å². The SMILES string of the molecule is CC1(C)c2ccccc2-c2ccc(N(c3ccc(-c4ccccc4)cc3)c3ccc(-c4ccc5c(c4)c4ccccc4n5-c4ccccc4)cc3)cc21.CC1(C)c2ccccc2-c2ccc(N(c3ccccc3)c3ccc(-c4ccc5c(c4)c4ccccc4n5-c4ccc(-c5ccccc5)cc4)cc3)cc21. The Morgan fingerprint density at radius 2 is 0.472 bits per heavy atom. The van der Waals surface area contributed by atoms with Crippen molar-refractivity contribution in [3.8, 4) is 78.1 Å². The summed E-state index contributed by atoms with van der Waals surface area (Å²) in [6, 6.07) is 142. The molecule has 0 spiro atoms. The van der Waals surface area contributed by atoms with E-state index in [1.165, 1.54) is 138 Å². The molecule has 504 valence electrons. The molecule has 106 heavy (non-hydrogen) atoms. The van der Waals surface area contributed by atoms with Crippen molar-refractivity contribution in [3.05, 3.63) is 411 Å². The van der Waals surface area contributed by atoms with E-state index >= 15 is 0 Å². The van der Waals surface area contributed by atoms with Gasteiger partial charge in [0.15, 0.2) is 0 Å². The van der Waals surface area contributed by atoms with Crippen LogP contribution < -0.4 is 9.80 Å². The number of hydrogen-bond acceptors (Lipinski definition) is 2. The second kappa shape index (κ2) is 25.9. The Kier molecular flexibility index (Phi) is 15.5. The third-order valence-electron chi connectivity index (χ3n) is 22.4. The van der Waals surface area contributed by atoms with E-state index in [4.69, 9.17) is 0 Å². The number of para-hydroxylation sites is 4. The van der Waals surface area contributed by atoms with E-state index in [0.29, 0.717) is 0 Å². The zero-order valence-electron chi connectivity index (χ0n) is 59.7. The van der Waals surface area contributed by atoms with Gasteiger partial charge in [-0.15, -0.1) is 0 Å². The largest absolute Gasteiger partial charge is 0.310 e. The summed E-state index contributed by atoms with van der Waals surface area (Å²) in [5, 5.41) is 5.02. The molecule has 0 aliphatic heterocycles. The molecule has 0 fully saturated rings. The zero-order valence-corrected chi connectivity index (χ0v) is 59.7. The molecule has 16 aromatic carbocycles. The van der Waals surface area contributed by atoms with Crippen molar-refractivity contribution in [2.45, 2.75) is 38.5 Å². The zero-order chi connectivity index (χ0) is 71.0. The first-order valence-corrected chi connectivity index (χ1v) is 36.9. The van der Waals surface area contributed by atoms with Gasteiger partial charge < -0.3 is 18.9 Å². The van der Waals surface area contributed by atoms with Crippen molar-refractivity contribution in [2.75, 3.05) is 9.80 Å². The van der Waals surface area contributed by atoms with Crippen molar-refractivity contribution >= 4 is 77.7 Å². The van der Waals surface area contributed by atoms with E-state index < -0.39 is 0 Å². The molecule has 0 amide bonds. The van der Waals surface area contributed by atoms with Crippen LogP contribution in [-0.4, -0.2) is 9.13 Å². The highest BCUT2D eigenvalue weighted by atomic mass is 15.1. The van der Waals surface area contributed by atoms with Crippen molar-refractivity contribution < 1.29 is 0 Å². The number of aromatic nitrogens is 2. The molecule has 2 aromatic heterocycles. The number of fused-ring (bicyclic) bond motifs is 12. The minimum atomic E-state index is -0.0864.